The van der Waals surface area contributed by atoms with Gasteiger partial charge in [0.25, 0.3) is 0 Å². The van der Waals surface area contributed by atoms with Crippen LogP contribution in [0.3, 0.4) is 0 Å². The van der Waals surface area contributed by atoms with Gasteiger partial charge < -0.3 is 4.57 Å². The summed E-state index contributed by atoms with van der Waals surface area (Å²) in [6.45, 7) is 0. The second-order valence-corrected chi connectivity index (χ2v) is 2.65. The maximum Gasteiger partial charge on any atom is 0.166 e. The third-order valence-corrected chi connectivity index (χ3v) is 1.97. The summed E-state index contributed by atoms with van der Waals surface area (Å²) in [5.41, 5.74) is 2.51. The Morgan fingerprint density at radius 3 is 3.08 bits per heavy atom. The Hall–Kier alpha value is -1.64. The minimum absolute atomic E-state index is 0.656. The molecule has 0 aliphatic heterocycles. The number of hydrogen-bond acceptors (Lipinski definition) is 2. The van der Waals surface area contributed by atoms with Crippen molar-refractivity contribution in [3.8, 4) is 0 Å². The summed E-state index contributed by atoms with van der Waals surface area (Å²) in [5.74, 6) is 0. The normalized spacial score (nSPS) is 10.4. The minimum Gasteiger partial charge on any atom is -0.340 e. The molecular formula is C9H8N2O. The van der Waals surface area contributed by atoms with Crippen LogP contribution in [0, 0.1) is 0 Å². The smallest absolute Gasteiger partial charge is 0.166 e. The first-order valence-electron chi connectivity index (χ1n) is 3.68. The van der Waals surface area contributed by atoms with Gasteiger partial charge in [-0.1, -0.05) is 0 Å². The van der Waals surface area contributed by atoms with E-state index in [2.05, 4.69) is 4.98 Å². The van der Waals surface area contributed by atoms with Crippen LogP contribution in [0.4, 0.5) is 0 Å². The van der Waals surface area contributed by atoms with E-state index in [0.29, 0.717) is 5.69 Å². The fraction of sp³-hybridized carbons (Fsp3) is 0.111. The molecule has 0 bridgehead atoms. The fourth-order valence-electron chi connectivity index (χ4n) is 1.29. The van der Waals surface area contributed by atoms with Gasteiger partial charge in [-0.3, -0.25) is 9.78 Å². The van der Waals surface area contributed by atoms with E-state index >= 15 is 0 Å². The number of nitrogens with zero attached hydrogens (tertiary/aromatic N) is 2. The zero-order valence-corrected chi connectivity index (χ0v) is 6.69. The van der Waals surface area contributed by atoms with Gasteiger partial charge in [-0.15, -0.1) is 0 Å². The van der Waals surface area contributed by atoms with E-state index in [9.17, 15) is 4.79 Å². The van der Waals surface area contributed by atoms with Crippen molar-refractivity contribution in [2.75, 3.05) is 0 Å². The number of carbonyl (C=O) groups is 1. The summed E-state index contributed by atoms with van der Waals surface area (Å²) < 4.78 is 1.83. The van der Waals surface area contributed by atoms with E-state index in [0.717, 1.165) is 17.3 Å². The molecule has 3 heteroatoms. The van der Waals surface area contributed by atoms with Gasteiger partial charge in [-0.25, -0.2) is 0 Å². The SMILES string of the molecule is Cn1c(C=O)cc2ncccc21. The van der Waals surface area contributed by atoms with Crippen molar-refractivity contribution >= 4 is 17.3 Å². The number of carbonyl (C=O) groups excluding carboxylic acids is 1. The molecule has 0 unspecified atom stereocenters. The Labute approximate surface area is 69.6 Å². The minimum atomic E-state index is 0.656. The van der Waals surface area contributed by atoms with Crippen molar-refractivity contribution in [2.45, 2.75) is 0 Å². The number of hydrogen-bond donors (Lipinski definition) is 0. The van der Waals surface area contributed by atoms with Crippen LogP contribution < -0.4 is 0 Å². The summed E-state index contributed by atoms with van der Waals surface area (Å²) in [6.07, 6.45) is 2.55. The average molecular weight is 160 g/mol. The molecule has 12 heavy (non-hydrogen) atoms. The predicted octanol–water partition coefficient (Wildman–Crippen LogP) is 1.39. The van der Waals surface area contributed by atoms with Gasteiger partial charge in [0.2, 0.25) is 0 Å². The van der Waals surface area contributed by atoms with Crippen molar-refractivity contribution < 1.29 is 4.79 Å². The lowest BCUT2D eigenvalue weighted by Crippen LogP contribution is -1.92. The first kappa shape index (κ1) is 7.03. The number of rotatable bonds is 1. The highest BCUT2D eigenvalue weighted by atomic mass is 16.1. The lowest BCUT2D eigenvalue weighted by Gasteiger charge is -1.95. The summed E-state index contributed by atoms with van der Waals surface area (Å²) in [5, 5.41) is 0. The molecular weight excluding hydrogens is 152 g/mol. The quantitative estimate of drug-likeness (QED) is 0.591. The van der Waals surface area contributed by atoms with Gasteiger partial charge in [0, 0.05) is 13.2 Å². The van der Waals surface area contributed by atoms with Gasteiger partial charge in [0.15, 0.2) is 6.29 Å². The summed E-state index contributed by atoms with van der Waals surface area (Å²) in [4.78, 5) is 14.7. The highest BCUT2D eigenvalue weighted by Crippen LogP contribution is 2.13. The first-order chi connectivity index (χ1) is 5.83. The number of pyridine rings is 1. The Kier molecular flexibility index (Phi) is 1.43. The van der Waals surface area contributed by atoms with Gasteiger partial charge in [0.05, 0.1) is 16.7 Å². The summed E-state index contributed by atoms with van der Waals surface area (Å²) in [7, 11) is 1.85. The van der Waals surface area contributed by atoms with Crippen molar-refractivity contribution in [3.05, 3.63) is 30.1 Å². The molecule has 0 saturated carbocycles. The molecule has 0 radical (unpaired) electrons. The molecule has 3 nitrogen and oxygen atoms in total. The number of fused-ring (bicyclic) bond motifs is 1. The molecule has 0 aliphatic rings. The molecule has 2 aromatic heterocycles. The van der Waals surface area contributed by atoms with Gasteiger partial charge in [-0.2, -0.15) is 0 Å². The monoisotopic (exact) mass is 160 g/mol. The highest BCUT2D eigenvalue weighted by molar-refractivity contribution is 5.86. The van der Waals surface area contributed by atoms with Crippen LogP contribution in [0.25, 0.3) is 11.0 Å². The Morgan fingerprint density at radius 2 is 2.42 bits per heavy atom. The molecule has 0 aliphatic carbocycles. The zero-order valence-electron chi connectivity index (χ0n) is 6.69. The van der Waals surface area contributed by atoms with Crippen LogP contribution in [-0.4, -0.2) is 15.8 Å². The lowest BCUT2D eigenvalue weighted by atomic mass is 10.4. The van der Waals surface area contributed by atoms with E-state index in [1.807, 2.05) is 23.7 Å². The van der Waals surface area contributed by atoms with E-state index in [-0.39, 0.29) is 0 Å². The highest BCUT2D eigenvalue weighted by Gasteiger charge is 2.03. The summed E-state index contributed by atoms with van der Waals surface area (Å²) >= 11 is 0. The third kappa shape index (κ3) is 0.830. The molecule has 2 rings (SSSR count). The number of aryl methyl sites for hydroxylation is 1. The Balaban J connectivity index is 2.87. The van der Waals surface area contributed by atoms with Crippen LogP contribution in [0.15, 0.2) is 24.4 Å². The van der Waals surface area contributed by atoms with Crippen molar-refractivity contribution in [2.24, 2.45) is 7.05 Å². The van der Waals surface area contributed by atoms with Crippen LogP contribution in [0.1, 0.15) is 10.5 Å². The topological polar surface area (TPSA) is 34.9 Å². The van der Waals surface area contributed by atoms with Crippen LogP contribution in [-0.2, 0) is 7.05 Å². The van der Waals surface area contributed by atoms with E-state index in [4.69, 9.17) is 0 Å². The molecule has 60 valence electrons. The average Bonchev–Trinajstić information content (AvgIpc) is 2.44. The maximum absolute atomic E-state index is 10.5. The molecule has 2 heterocycles. The molecule has 0 saturated heterocycles. The number of aromatic nitrogens is 2. The molecule has 0 atom stereocenters. The van der Waals surface area contributed by atoms with Gasteiger partial charge >= 0.3 is 0 Å². The summed E-state index contributed by atoms with van der Waals surface area (Å²) in [6, 6.07) is 5.58. The fourth-order valence-corrected chi connectivity index (χ4v) is 1.29. The second kappa shape index (κ2) is 2.44. The van der Waals surface area contributed by atoms with Crippen LogP contribution in [0.5, 0.6) is 0 Å². The van der Waals surface area contributed by atoms with Gasteiger partial charge in [-0.05, 0) is 18.2 Å². The molecule has 0 amide bonds. The third-order valence-electron chi connectivity index (χ3n) is 1.97. The van der Waals surface area contributed by atoms with E-state index in [1.54, 1.807) is 12.3 Å². The van der Waals surface area contributed by atoms with E-state index in [1.165, 1.54) is 0 Å². The first-order valence-corrected chi connectivity index (χ1v) is 3.68. The number of aldehydes is 1. The molecule has 2 aromatic rings. The largest absolute Gasteiger partial charge is 0.340 e. The van der Waals surface area contributed by atoms with Crippen LogP contribution in [0.2, 0.25) is 0 Å². The Morgan fingerprint density at radius 1 is 1.58 bits per heavy atom. The molecule has 0 N–H and O–H groups in total. The maximum atomic E-state index is 10.5. The molecule has 0 aromatic carbocycles. The molecule has 0 spiro atoms. The van der Waals surface area contributed by atoms with Crippen molar-refractivity contribution in [3.63, 3.8) is 0 Å². The van der Waals surface area contributed by atoms with Crippen molar-refractivity contribution in [1.29, 1.82) is 0 Å². The zero-order chi connectivity index (χ0) is 8.55. The van der Waals surface area contributed by atoms with Crippen LogP contribution >= 0.6 is 0 Å². The van der Waals surface area contributed by atoms with Gasteiger partial charge in [0.1, 0.15) is 0 Å². The predicted molar refractivity (Wildman–Crippen MR) is 46.1 cm³/mol. The van der Waals surface area contributed by atoms with Crippen molar-refractivity contribution in [1.82, 2.24) is 9.55 Å². The second-order valence-electron chi connectivity index (χ2n) is 2.65. The lowest BCUT2D eigenvalue weighted by molar-refractivity contribution is 0.111. The standard InChI is InChI=1S/C9H8N2O/c1-11-7(6-12)5-8-9(11)3-2-4-10-8/h2-6H,1H3. The molecule has 0 fully saturated rings. The van der Waals surface area contributed by atoms with E-state index < -0.39 is 0 Å². The Bertz CT molecular complexity index is 431.